The van der Waals surface area contributed by atoms with Crippen molar-refractivity contribution < 1.29 is 0 Å². The normalized spacial score (nSPS) is 13.3. The van der Waals surface area contributed by atoms with Crippen LogP contribution >= 0.6 is 0 Å². The molecule has 1 aromatic heterocycles. The lowest BCUT2D eigenvalue weighted by atomic mass is 10.2. The van der Waals surface area contributed by atoms with Gasteiger partial charge in [0.1, 0.15) is 10.7 Å². The van der Waals surface area contributed by atoms with E-state index in [0.717, 1.165) is 5.56 Å². The summed E-state index contributed by atoms with van der Waals surface area (Å²) < 4.78 is 0. The monoisotopic (exact) mass is 254 g/mol. The third-order valence-electron chi connectivity index (χ3n) is 2.63. The Kier molecular flexibility index (Phi) is 3.93. The second-order valence-electron chi connectivity index (χ2n) is 3.96. The summed E-state index contributed by atoms with van der Waals surface area (Å²) in [4.78, 5) is 28.3. The van der Waals surface area contributed by atoms with Gasteiger partial charge in [-0.15, -0.1) is 0 Å². The molecule has 4 heteroatoms. The highest BCUT2D eigenvalue weighted by atomic mass is 16.1. The minimum absolute atomic E-state index is 0.239. The van der Waals surface area contributed by atoms with Crippen LogP contribution in [0.25, 0.3) is 18.2 Å². The Balaban J connectivity index is 2.41. The van der Waals surface area contributed by atoms with Crippen molar-refractivity contribution in [1.29, 1.82) is 0 Å². The van der Waals surface area contributed by atoms with Crippen molar-refractivity contribution in [3.05, 3.63) is 73.4 Å². The fourth-order valence-corrected chi connectivity index (χ4v) is 1.63. The molecular formula is C15H14N2O2. The van der Waals surface area contributed by atoms with Crippen molar-refractivity contribution in [3.8, 4) is 0 Å². The van der Waals surface area contributed by atoms with Gasteiger partial charge in [0.2, 0.25) is 0 Å². The molecule has 0 radical (unpaired) electrons. The Morgan fingerprint density at radius 3 is 2.26 bits per heavy atom. The van der Waals surface area contributed by atoms with E-state index >= 15 is 0 Å². The van der Waals surface area contributed by atoms with Gasteiger partial charge in [0, 0.05) is 0 Å². The first-order valence-electron chi connectivity index (χ1n) is 5.93. The van der Waals surface area contributed by atoms with Gasteiger partial charge in [-0.1, -0.05) is 48.6 Å². The molecule has 0 spiro atoms. The number of allylic oxidation sites excluding steroid dienone is 1. The molecular weight excluding hydrogens is 240 g/mol. The van der Waals surface area contributed by atoms with E-state index in [0.29, 0.717) is 0 Å². The first-order chi connectivity index (χ1) is 9.20. The van der Waals surface area contributed by atoms with E-state index in [1.54, 1.807) is 25.2 Å². The van der Waals surface area contributed by atoms with Crippen molar-refractivity contribution in [3.63, 3.8) is 0 Å². The average molecular weight is 254 g/mol. The third-order valence-corrected chi connectivity index (χ3v) is 2.63. The zero-order valence-corrected chi connectivity index (χ0v) is 10.5. The molecule has 2 rings (SSSR count). The quantitative estimate of drug-likeness (QED) is 0.812. The number of benzene rings is 1. The van der Waals surface area contributed by atoms with Crippen LogP contribution in [0.15, 0.2) is 46.0 Å². The minimum atomic E-state index is -0.314. The fraction of sp³-hybridized carbons (Fsp3) is 0.0667. The van der Waals surface area contributed by atoms with Crippen molar-refractivity contribution in [2.75, 3.05) is 0 Å². The van der Waals surface area contributed by atoms with Crippen LogP contribution in [0.3, 0.4) is 0 Å². The summed E-state index contributed by atoms with van der Waals surface area (Å²) in [6.45, 7) is 1.69. The van der Waals surface area contributed by atoms with E-state index in [1.807, 2.05) is 36.4 Å². The minimum Gasteiger partial charge on any atom is -0.316 e. The highest BCUT2D eigenvalue weighted by Gasteiger charge is 1.92. The van der Waals surface area contributed by atoms with Crippen LogP contribution in [0.5, 0.6) is 0 Å². The van der Waals surface area contributed by atoms with E-state index in [2.05, 4.69) is 9.97 Å². The molecule has 4 nitrogen and oxygen atoms in total. The van der Waals surface area contributed by atoms with Gasteiger partial charge in [-0.2, -0.15) is 0 Å². The Bertz CT molecular complexity index is 812. The van der Waals surface area contributed by atoms with Gasteiger partial charge in [0.25, 0.3) is 11.1 Å². The molecule has 0 unspecified atom stereocenters. The average Bonchev–Trinajstić information content (AvgIpc) is 2.43. The molecule has 2 N–H and O–H groups in total. The predicted molar refractivity (Wildman–Crippen MR) is 77.0 cm³/mol. The lowest BCUT2D eigenvalue weighted by Crippen LogP contribution is -2.46. The smallest absolute Gasteiger partial charge is 0.272 e. The Morgan fingerprint density at radius 2 is 1.58 bits per heavy atom. The fourth-order valence-electron chi connectivity index (χ4n) is 1.63. The third kappa shape index (κ3) is 3.19. The van der Waals surface area contributed by atoms with Crippen molar-refractivity contribution in [2.45, 2.75) is 6.92 Å². The van der Waals surface area contributed by atoms with E-state index in [1.165, 1.54) is 0 Å². The van der Waals surface area contributed by atoms with Crippen LogP contribution < -0.4 is 21.8 Å². The largest absolute Gasteiger partial charge is 0.316 e. The Labute approximate surface area is 109 Å². The summed E-state index contributed by atoms with van der Waals surface area (Å²) in [6, 6.07) is 9.70. The van der Waals surface area contributed by atoms with E-state index < -0.39 is 0 Å². The zero-order valence-electron chi connectivity index (χ0n) is 10.5. The van der Waals surface area contributed by atoms with Crippen LogP contribution in [0, 0.1) is 0 Å². The number of H-pyrrole nitrogens is 2. The van der Waals surface area contributed by atoms with E-state index in [4.69, 9.17) is 0 Å². The summed E-state index contributed by atoms with van der Waals surface area (Å²) in [5.74, 6) is 0. The van der Waals surface area contributed by atoms with E-state index in [-0.39, 0.29) is 21.8 Å². The van der Waals surface area contributed by atoms with Gasteiger partial charge in [-0.05, 0) is 18.6 Å². The number of aromatic nitrogens is 2. The van der Waals surface area contributed by atoms with Crippen molar-refractivity contribution in [1.82, 2.24) is 9.97 Å². The van der Waals surface area contributed by atoms with E-state index in [9.17, 15) is 9.59 Å². The van der Waals surface area contributed by atoms with Crippen LogP contribution in [0.2, 0.25) is 0 Å². The Hall–Kier alpha value is -2.62. The standard InChI is InChI=1S/C15H14N2O2/c1-2-12-14(18)17-13(15(19)16-12)10-6-9-11-7-4-3-5-8-11/h2-10H,1H3,(H,16,19)(H,17,18)/b9-6-,12-2-,13-10+. The number of nitrogens with one attached hydrogen (secondary N) is 2. The second-order valence-corrected chi connectivity index (χ2v) is 3.96. The van der Waals surface area contributed by atoms with Gasteiger partial charge in [0.05, 0.1) is 0 Å². The predicted octanol–water partition coefficient (Wildman–Crippen LogP) is 0.357. The van der Waals surface area contributed by atoms with Gasteiger partial charge < -0.3 is 9.97 Å². The number of hydrogen-bond donors (Lipinski definition) is 2. The zero-order chi connectivity index (χ0) is 13.7. The molecule has 0 aliphatic rings. The lowest BCUT2D eigenvalue weighted by molar-refractivity contribution is 1.00. The Morgan fingerprint density at radius 1 is 0.947 bits per heavy atom. The second kappa shape index (κ2) is 5.82. The molecule has 0 aliphatic heterocycles. The first kappa shape index (κ1) is 12.8. The maximum atomic E-state index is 11.7. The van der Waals surface area contributed by atoms with Crippen LogP contribution in [-0.4, -0.2) is 9.97 Å². The molecule has 96 valence electrons. The topological polar surface area (TPSA) is 65.7 Å². The van der Waals surface area contributed by atoms with Gasteiger partial charge >= 0.3 is 0 Å². The van der Waals surface area contributed by atoms with Gasteiger partial charge in [0.15, 0.2) is 0 Å². The molecule has 2 aromatic rings. The number of aromatic amines is 2. The van der Waals surface area contributed by atoms with Crippen molar-refractivity contribution >= 4 is 18.2 Å². The molecule has 0 saturated heterocycles. The molecule has 0 fully saturated rings. The highest BCUT2D eigenvalue weighted by molar-refractivity contribution is 5.56. The van der Waals surface area contributed by atoms with Crippen molar-refractivity contribution in [2.24, 2.45) is 0 Å². The molecule has 0 amide bonds. The van der Waals surface area contributed by atoms with Gasteiger partial charge in [-0.3, -0.25) is 9.59 Å². The van der Waals surface area contributed by atoms with Crippen LogP contribution in [-0.2, 0) is 0 Å². The SMILES string of the molecule is C/C=c1\[nH]c(=O)/c(=C\C=C/c2ccccc2)[nH]c1=O. The molecule has 1 heterocycles. The first-order valence-corrected chi connectivity index (χ1v) is 5.93. The van der Waals surface area contributed by atoms with Crippen LogP contribution in [0.4, 0.5) is 0 Å². The highest BCUT2D eigenvalue weighted by Crippen LogP contribution is 2.00. The summed E-state index contributed by atoms with van der Waals surface area (Å²) in [7, 11) is 0. The summed E-state index contributed by atoms with van der Waals surface area (Å²) >= 11 is 0. The lowest BCUT2D eigenvalue weighted by Gasteiger charge is -1.89. The molecule has 0 saturated carbocycles. The summed E-state index contributed by atoms with van der Waals surface area (Å²) in [6.07, 6.45) is 6.72. The van der Waals surface area contributed by atoms with Gasteiger partial charge in [-0.25, -0.2) is 0 Å². The maximum Gasteiger partial charge on any atom is 0.272 e. The number of hydrogen-bond acceptors (Lipinski definition) is 2. The molecule has 1 aromatic carbocycles. The summed E-state index contributed by atoms with van der Waals surface area (Å²) in [5, 5.41) is 0.511. The maximum absolute atomic E-state index is 11.7. The molecule has 19 heavy (non-hydrogen) atoms. The molecule has 0 atom stereocenters. The molecule has 0 aliphatic carbocycles. The molecule has 0 bridgehead atoms. The number of rotatable bonds is 2. The summed E-state index contributed by atoms with van der Waals surface area (Å²) in [5.41, 5.74) is 0.405. The van der Waals surface area contributed by atoms with Crippen LogP contribution in [0.1, 0.15) is 12.5 Å².